The maximum atomic E-state index is 11.9. The molecule has 0 aliphatic carbocycles. The number of nitrogens with two attached hydrogens (primary N) is 1. The molecule has 0 aliphatic rings. The standard InChI is InChI=1S/C12H16N4O2/c1-2-16(7-6-13)9-5-3-4-8-10(9)12(18)15-14-11(8)17/h3-5H,2,6-7,13H2,1H3,(H,14,17)(H,15,18). The van der Waals surface area contributed by atoms with Gasteiger partial charge in [0.15, 0.2) is 0 Å². The highest BCUT2D eigenvalue weighted by Gasteiger charge is 2.12. The summed E-state index contributed by atoms with van der Waals surface area (Å²) in [5.41, 5.74) is 5.71. The maximum Gasteiger partial charge on any atom is 0.272 e. The summed E-state index contributed by atoms with van der Waals surface area (Å²) in [4.78, 5) is 25.6. The first kappa shape index (κ1) is 12.4. The van der Waals surface area contributed by atoms with E-state index in [2.05, 4.69) is 10.2 Å². The smallest absolute Gasteiger partial charge is 0.272 e. The molecule has 0 atom stereocenters. The number of anilines is 1. The van der Waals surface area contributed by atoms with E-state index in [4.69, 9.17) is 5.73 Å². The SMILES string of the molecule is CCN(CCN)c1cccc2c(=O)[nH][nH]c(=O)c12. The number of rotatable bonds is 4. The Hall–Kier alpha value is -2.08. The van der Waals surface area contributed by atoms with Gasteiger partial charge in [0, 0.05) is 19.6 Å². The zero-order chi connectivity index (χ0) is 13.1. The van der Waals surface area contributed by atoms with Crippen LogP contribution < -0.4 is 21.8 Å². The van der Waals surface area contributed by atoms with Crippen molar-refractivity contribution >= 4 is 16.5 Å². The summed E-state index contributed by atoms with van der Waals surface area (Å²) in [6, 6.07) is 5.24. The number of nitrogens with one attached hydrogen (secondary N) is 2. The number of H-pyrrole nitrogens is 2. The lowest BCUT2D eigenvalue weighted by molar-refractivity contribution is 0.819. The summed E-state index contributed by atoms with van der Waals surface area (Å²) in [5.74, 6) is 0. The molecule has 1 aromatic heterocycles. The molecule has 18 heavy (non-hydrogen) atoms. The third kappa shape index (κ3) is 2.02. The Morgan fingerprint density at radius 2 is 1.94 bits per heavy atom. The quantitative estimate of drug-likeness (QED) is 0.709. The van der Waals surface area contributed by atoms with Crippen LogP contribution in [-0.2, 0) is 0 Å². The highest BCUT2D eigenvalue weighted by Crippen LogP contribution is 2.21. The summed E-state index contributed by atoms with van der Waals surface area (Å²) in [5, 5.41) is 5.48. The van der Waals surface area contributed by atoms with Gasteiger partial charge in [-0.05, 0) is 19.1 Å². The Kier molecular flexibility index (Phi) is 3.47. The van der Waals surface area contributed by atoms with E-state index in [9.17, 15) is 9.59 Å². The van der Waals surface area contributed by atoms with Crippen molar-refractivity contribution in [2.45, 2.75) is 6.92 Å². The van der Waals surface area contributed by atoms with Crippen molar-refractivity contribution in [2.24, 2.45) is 5.73 Å². The number of fused-ring (bicyclic) bond motifs is 1. The van der Waals surface area contributed by atoms with Crippen LogP contribution in [0.1, 0.15) is 6.92 Å². The number of benzene rings is 1. The predicted molar refractivity (Wildman–Crippen MR) is 72.1 cm³/mol. The minimum atomic E-state index is -0.296. The van der Waals surface area contributed by atoms with Gasteiger partial charge >= 0.3 is 0 Å². The van der Waals surface area contributed by atoms with E-state index in [-0.39, 0.29) is 11.1 Å². The monoisotopic (exact) mass is 248 g/mol. The molecule has 0 saturated heterocycles. The third-order valence-corrected chi connectivity index (χ3v) is 2.93. The fourth-order valence-electron chi connectivity index (χ4n) is 2.08. The van der Waals surface area contributed by atoms with Crippen LogP contribution in [0.5, 0.6) is 0 Å². The fraction of sp³-hybridized carbons (Fsp3) is 0.333. The lowest BCUT2D eigenvalue weighted by Crippen LogP contribution is -2.31. The molecular weight excluding hydrogens is 232 g/mol. The highest BCUT2D eigenvalue weighted by atomic mass is 16.1. The first-order chi connectivity index (χ1) is 8.69. The minimum absolute atomic E-state index is 0.296. The molecule has 6 heteroatoms. The van der Waals surface area contributed by atoms with Gasteiger partial charge in [-0.1, -0.05) is 6.07 Å². The minimum Gasteiger partial charge on any atom is -0.370 e. The van der Waals surface area contributed by atoms with E-state index in [1.54, 1.807) is 12.1 Å². The molecule has 1 heterocycles. The second kappa shape index (κ2) is 5.05. The van der Waals surface area contributed by atoms with Gasteiger partial charge in [-0.2, -0.15) is 0 Å². The average Bonchev–Trinajstić information content (AvgIpc) is 2.40. The maximum absolute atomic E-state index is 11.9. The second-order valence-electron chi connectivity index (χ2n) is 3.98. The number of hydrogen-bond acceptors (Lipinski definition) is 4. The number of aromatic nitrogens is 2. The first-order valence-electron chi connectivity index (χ1n) is 5.87. The van der Waals surface area contributed by atoms with Crippen LogP contribution in [0, 0.1) is 0 Å². The van der Waals surface area contributed by atoms with Crippen molar-refractivity contribution in [3.8, 4) is 0 Å². The van der Waals surface area contributed by atoms with E-state index in [1.165, 1.54) is 0 Å². The van der Waals surface area contributed by atoms with E-state index >= 15 is 0 Å². The summed E-state index contributed by atoms with van der Waals surface area (Å²) in [6.45, 7) is 3.84. The topological polar surface area (TPSA) is 95.0 Å². The molecule has 0 fully saturated rings. The third-order valence-electron chi connectivity index (χ3n) is 2.93. The molecule has 0 amide bonds. The summed E-state index contributed by atoms with van der Waals surface area (Å²) >= 11 is 0. The zero-order valence-corrected chi connectivity index (χ0v) is 10.2. The highest BCUT2D eigenvalue weighted by molar-refractivity contribution is 5.92. The lowest BCUT2D eigenvalue weighted by atomic mass is 10.1. The Morgan fingerprint density at radius 1 is 1.22 bits per heavy atom. The summed E-state index contributed by atoms with van der Waals surface area (Å²) in [7, 11) is 0. The Bertz CT molecular complexity index is 659. The molecule has 2 aromatic rings. The van der Waals surface area contributed by atoms with Gasteiger partial charge in [0.1, 0.15) is 0 Å². The molecule has 0 aliphatic heterocycles. The van der Waals surface area contributed by atoms with Crippen molar-refractivity contribution < 1.29 is 0 Å². The van der Waals surface area contributed by atoms with Crippen LogP contribution in [0.3, 0.4) is 0 Å². The van der Waals surface area contributed by atoms with Crippen LogP contribution in [0.15, 0.2) is 27.8 Å². The molecule has 4 N–H and O–H groups in total. The molecule has 0 saturated carbocycles. The fourth-order valence-corrected chi connectivity index (χ4v) is 2.08. The predicted octanol–water partition coefficient (Wildman–Crippen LogP) is 0.00140. The molecule has 6 nitrogen and oxygen atoms in total. The van der Waals surface area contributed by atoms with Crippen LogP contribution in [0.2, 0.25) is 0 Å². The van der Waals surface area contributed by atoms with E-state index in [0.717, 1.165) is 12.2 Å². The molecule has 0 bridgehead atoms. The molecule has 96 valence electrons. The first-order valence-corrected chi connectivity index (χ1v) is 5.87. The van der Waals surface area contributed by atoms with Gasteiger partial charge in [0.2, 0.25) is 0 Å². The molecule has 0 radical (unpaired) electrons. The van der Waals surface area contributed by atoms with Crippen LogP contribution in [-0.4, -0.2) is 29.8 Å². The Balaban J connectivity index is 2.75. The van der Waals surface area contributed by atoms with Gasteiger partial charge in [-0.15, -0.1) is 0 Å². The second-order valence-corrected chi connectivity index (χ2v) is 3.98. The van der Waals surface area contributed by atoms with Gasteiger partial charge in [-0.3, -0.25) is 19.8 Å². The van der Waals surface area contributed by atoms with Gasteiger partial charge in [0.25, 0.3) is 11.1 Å². The molecule has 1 aromatic carbocycles. The van der Waals surface area contributed by atoms with Gasteiger partial charge in [-0.25, -0.2) is 0 Å². The Labute approximate surface area is 103 Å². The van der Waals surface area contributed by atoms with E-state index < -0.39 is 0 Å². The summed E-state index contributed by atoms with van der Waals surface area (Å²) in [6.07, 6.45) is 0. The van der Waals surface area contributed by atoms with Crippen LogP contribution in [0.4, 0.5) is 5.69 Å². The van der Waals surface area contributed by atoms with Crippen molar-refractivity contribution in [3.63, 3.8) is 0 Å². The van der Waals surface area contributed by atoms with Crippen molar-refractivity contribution in [2.75, 3.05) is 24.5 Å². The largest absolute Gasteiger partial charge is 0.370 e. The van der Waals surface area contributed by atoms with Crippen molar-refractivity contribution in [1.82, 2.24) is 10.2 Å². The van der Waals surface area contributed by atoms with E-state index in [1.807, 2.05) is 17.9 Å². The molecule has 0 unspecified atom stereocenters. The summed E-state index contributed by atoms with van der Waals surface area (Å²) < 4.78 is 0. The number of aromatic amines is 2. The number of hydrogen-bond donors (Lipinski definition) is 3. The van der Waals surface area contributed by atoms with E-state index in [0.29, 0.717) is 23.9 Å². The van der Waals surface area contributed by atoms with Gasteiger partial charge < -0.3 is 10.6 Å². The Morgan fingerprint density at radius 3 is 2.61 bits per heavy atom. The van der Waals surface area contributed by atoms with Crippen LogP contribution in [0.25, 0.3) is 10.8 Å². The average molecular weight is 248 g/mol. The number of nitrogens with zero attached hydrogens (tertiary/aromatic N) is 1. The van der Waals surface area contributed by atoms with Crippen molar-refractivity contribution in [1.29, 1.82) is 0 Å². The normalized spacial score (nSPS) is 10.8. The molecular formula is C12H16N4O2. The van der Waals surface area contributed by atoms with Gasteiger partial charge in [0.05, 0.1) is 16.5 Å². The molecule has 2 rings (SSSR count). The number of likely N-dealkylation sites (N-methyl/N-ethyl adjacent to an activating group) is 1. The van der Waals surface area contributed by atoms with Crippen LogP contribution >= 0.6 is 0 Å². The zero-order valence-electron chi connectivity index (χ0n) is 10.2. The molecule has 0 spiro atoms. The lowest BCUT2D eigenvalue weighted by Gasteiger charge is -2.23. The van der Waals surface area contributed by atoms with Crippen molar-refractivity contribution in [3.05, 3.63) is 38.9 Å².